The van der Waals surface area contributed by atoms with Crippen molar-refractivity contribution < 1.29 is 4.74 Å². The van der Waals surface area contributed by atoms with Crippen LogP contribution in [0.15, 0.2) is 18.2 Å². The van der Waals surface area contributed by atoms with Crippen LogP contribution in [0.3, 0.4) is 0 Å². The lowest BCUT2D eigenvalue weighted by atomic mass is 9.92. The molecule has 0 atom stereocenters. The Morgan fingerprint density at radius 1 is 1.12 bits per heavy atom. The van der Waals surface area contributed by atoms with Gasteiger partial charge in [-0.25, -0.2) is 0 Å². The van der Waals surface area contributed by atoms with Gasteiger partial charge < -0.3 is 10.1 Å². The van der Waals surface area contributed by atoms with Crippen molar-refractivity contribution in [3.63, 3.8) is 0 Å². The number of aryl methyl sites for hydroxylation is 2. The molecule has 0 saturated carbocycles. The Morgan fingerprint density at radius 3 is 2.69 bits per heavy atom. The second-order valence-electron chi connectivity index (χ2n) is 4.97. The van der Waals surface area contributed by atoms with Crippen molar-refractivity contribution in [1.82, 2.24) is 5.32 Å². The Morgan fingerprint density at radius 2 is 1.94 bits per heavy atom. The van der Waals surface area contributed by atoms with Gasteiger partial charge in [0.25, 0.3) is 0 Å². The second-order valence-corrected chi connectivity index (χ2v) is 4.97. The fraction of sp³-hybridized carbons (Fsp3) is 0.571. The van der Waals surface area contributed by atoms with E-state index in [9.17, 15) is 0 Å². The summed E-state index contributed by atoms with van der Waals surface area (Å²) in [6, 6.07) is 6.64. The largest absolute Gasteiger partial charge is 0.493 e. The van der Waals surface area contributed by atoms with E-state index in [1.807, 2.05) is 0 Å². The van der Waals surface area contributed by atoms with Gasteiger partial charge in [0.1, 0.15) is 5.75 Å². The molecule has 1 fully saturated rings. The maximum atomic E-state index is 5.84. The van der Waals surface area contributed by atoms with Crippen molar-refractivity contribution in [3.8, 4) is 5.75 Å². The van der Waals surface area contributed by atoms with Gasteiger partial charge in [-0.2, -0.15) is 0 Å². The minimum atomic E-state index is 0.719. The highest BCUT2D eigenvalue weighted by Crippen LogP contribution is 2.25. The summed E-state index contributed by atoms with van der Waals surface area (Å²) in [5.74, 6) is 1.78. The molecule has 1 aliphatic heterocycles. The SMILES string of the molecule is c1cc2c(cc1OCC1CNC1)CCCC2. The molecule has 0 spiro atoms. The topological polar surface area (TPSA) is 21.3 Å². The van der Waals surface area contributed by atoms with E-state index in [0.29, 0.717) is 0 Å². The molecule has 0 bridgehead atoms. The molecule has 1 heterocycles. The van der Waals surface area contributed by atoms with E-state index < -0.39 is 0 Å². The first-order valence-corrected chi connectivity index (χ1v) is 6.37. The summed E-state index contributed by atoms with van der Waals surface area (Å²) >= 11 is 0. The second kappa shape index (κ2) is 4.46. The fourth-order valence-corrected chi connectivity index (χ4v) is 2.48. The van der Waals surface area contributed by atoms with Gasteiger partial charge >= 0.3 is 0 Å². The molecule has 0 unspecified atom stereocenters. The van der Waals surface area contributed by atoms with E-state index in [0.717, 1.165) is 31.4 Å². The molecule has 1 saturated heterocycles. The molecule has 2 aliphatic rings. The minimum absolute atomic E-state index is 0.719. The van der Waals surface area contributed by atoms with Crippen molar-refractivity contribution in [3.05, 3.63) is 29.3 Å². The van der Waals surface area contributed by atoms with E-state index in [1.54, 1.807) is 0 Å². The highest BCUT2D eigenvalue weighted by molar-refractivity contribution is 5.37. The van der Waals surface area contributed by atoms with Crippen LogP contribution in [0.4, 0.5) is 0 Å². The molecular weight excluding hydrogens is 198 g/mol. The van der Waals surface area contributed by atoms with Crippen LogP contribution in [0, 0.1) is 5.92 Å². The van der Waals surface area contributed by atoms with Gasteiger partial charge in [-0.15, -0.1) is 0 Å². The van der Waals surface area contributed by atoms with Crippen LogP contribution in [0.5, 0.6) is 5.75 Å². The van der Waals surface area contributed by atoms with Crippen molar-refractivity contribution in [2.75, 3.05) is 19.7 Å². The van der Waals surface area contributed by atoms with Crippen LogP contribution < -0.4 is 10.1 Å². The molecule has 0 radical (unpaired) electrons. The van der Waals surface area contributed by atoms with E-state index in [2.05, 4.69) is 23.5 Å². The van der Waals surface area contributed by atoms with E-state index >= 15 is 0 Å². The first-order valence-electron chi connectivity index (χ1n) is 6.37. The van der Waals surface area contributed by atoms with Gasteiger partial charge in [-0.1, -0.05) is 6.07 Å². The quantitative estimate of drug-likeness (QED) is 0.837. The summed E-state index contributed by atoms with van der Waals surface area (Å²) in [5.41, 5.74) is 3.04. The monoisotopic (exact) mass is 217 g/mol. The Hall–Kier alpha value is -1.02. The Bertz CT molecular complexity index is 371. The lowest BCUT2D eigenvalue weighted by Crippen LogP contribution is -2.45. The molecule has 1 aliphatic carbocycles. The molecule has 2 nitrogen and oxygen atoms in total. The molecule has 0 aromatic heterocycles. The van der Waals surface area contributed by atoms with Gasteiger partial charge in [-0.05, 0) is 48.9 Å². The summed E-state index contributed by atoms with van der Waals surface area (Å²) in [4.78, 5) is 0. The standard InChI is InChI=1S/C14H19NO/c1-2-4-13-7-14(6-5-12(13)3-1)16-10-11-8-15-9-11/h5-7,11,15H,1-4,8-10H2. The Kier molecular flexibility index (Phi) is 2.83. The minimum Gasteiger partial charge on any atom is -0.493 e. The first kappa shape index (κ1) is 10.2. The fourth-order valence-electron chi connectivity index (χ4n) is 2.48. The summed E-state index contributed by atoms with van der Waals surface area (Å²) in [5, 5.41) is 3.27. The predicted molar refractivity (Wildman–Crippen MR) is 64.9 cm³/mol. The molecule has 3 rings (SSSR count). The normalized spacial score (nSPS) is 20.0. The van der Waals surface area contributed by atoms with Crippen LogP contribution in [-0.4, -0.2) is 19.7 Å². The summed E-state index contributed by atoms with van der Waals surface area (Å²) < 4.78 is 5.84. The van der Waals surface area contributed by atoms with Gasteiger partial charge in [-0.3, -0.25) is 0 Å². The van der Waals surface area contributed by atoms with Crippen LogP contribution in [0.2, 0.25) is 0 Å². The zero-order valence-corrected chi connectivity index (χ0v) is 9.67. The highest BCUT2D eigenvalue weighted by Gasteiger charge is 2.17. The van der Waals surface area contributed by atoms with Gasteiger partial charge in [0.05, 0.1) is 6.61 Å². The van der Waals surface area contributed by atoms with Crippen molar-refractivity contribution >= 4 is 0 Å². The third-order valence-corrected chi connectivity index (χ3v) is 3.67. The summed E-state index contributed by atoms with van der Waals surface area (Å²) in [6.07, 6.45) is 5.17. The number of hydrogen-bond donors (Lipinski definition) is 1. The number of benzene rings is 1. The van der Waals surface area contributed by atoms with E-state index in [-0.39, 0.29) is 0 Å². The molecule has 0 amide bonds. The Balaban J connectivity index is 1.65. The molecule has 86 valence electrons. The summed E-state index contributed by atoms with van der Waals surface area (Å²) in [6.45, 7) is 3.10. The average Bonchev–Trinajstić information content (AvgIpc) is 2.27. The number of fused-ring (bicyclic) bond motifs is 1. The van der Waals surface area contributed by atoms with Crippen molar-refractivity contribution in [2.45, 2.75) is 25.7 Å². The van der Waals surface area contributed by atoms with Crippen molar-refractivity contribution in [2.24, 2.45) is 5.92 Å². The van der Waals surface area contributed by atoms with E-state index in [4.69, 9.17) is 4.74 Å². The third-order valence-electron chi connectivity index (χ3n) is 3.67. The zero-order chi connectivity index (χ0) is 10.8. The lowest BCUT2D eigenvalue weighted by molar-refractivity contribution is 0.199. The first-order chi connectivity index (χ1) is 7.92. The molecule has 1 aromatic carbocycles. The maximum absolute atomic E-state index is 5.84. The summed E-state index contributed by atoms with van der Waals surface area (Å²) in [7, 11) is 0. The van der Waals surface area contributed by atoms with Gasteiger partial charge in [0, 0.05) is 19.0 Å². The maximum Gasteiger partial charge on any atom is 0.119 e. The zero-order valence-electron chi connectivity index (χ0n) is 9.67. The number of nitrogens with one attached hydrogen (secondary N) is 1. The molecule has 1 N–H and O–H groups in total. The number of ether oxygens (including phenoxy) is 1. The third kappa shape index (κ3) is 2.07. The average molecular weight is 217 g/mol. The van der Waals surface area contributed by atoms with Crippen LogP contribution in [0.1, 0.15) is 24.0 Å². The number of rotatable bonds is 3. The number of hydrogen-bond acceptors (Lipinski definition) is 2. The highest BCUT2D eigenvalue weighted by atomic mass is 16.5. The molecular formula is C14H19NO. The smallest absolute Gasteiger partial charge is 0.119 e. The van der Waals surface area contributed by atoms with E-state index in [1.165, 1.54) is 36.8 Å². The van der Waals surface area contributed by atoms with Crippen LogP contribution in [-0.2, 0) is 12.8 Å². The molecule has 16 heavy (non-hydrogen) atoms. The molecule has 2 heteroatoms. The van der Waals surface area contributed by atoms with Crippen molar-refractivity contribution in [1.29, 1.82) is 0 Å². The predicted octanol–water partition coefficient (Wildman–Crippen LogP) is 2.16. The van der Waals surface area contributed by atoms with Crippen LogP contribution in [0.25, 0.3) is 0 Å². The Labute approximate surface area is 97.0 Å². The van der Waals surface area contributed by atoms with Gasteiger partial charge in [0.15, 0.2) is 0 Å². The van der Waals surface area contributed by atoms with Crippen LogP contribution >= 0.6 is 0 Å². The lowest BCUT2D eigenvalue weighted by Gasteiger charge is -2.27. The van der Waals surface area contributed by atoms with Gasteiger partial charge in [0.2, 0.25) is 0 Å². The molecule has 1 aromatic rings.